The van der Waals surface area contributed by atoms with E-state index >= 15 is 0 Å². The largest absolute Gasteiger partial charge is 0.299 e. The van der Waals surface area contributed by atoms with Gasteiger partial charge in [0.05, 0.1) is 15.2 Å². The molecular weight excluding hydrogens is 230 g/mol. The molecule has 0 saturated heterocycles. The lowest BCUT2D eigenvalue weighted by Crippen LogP contribution is -2.20. The molecule has 0 radical (unpaired) electrons. The smallest absolute Gasteiger partial charge is 0.138 e. The van der Waals surface area contributed by atoms with E-state index in [-0.39, 0.29) is 5.41 Å². The highest BCUT2D eigenvalue weighted by Crippen LogP contribution is 2.24. The van der Waals surface area contributed by atoms with Gasteiger partial charge in [0, 0.05) is 18.3 Å². The third-order valence-electron chi connectivity index (χ3n) is 2.74. The van der Waals surface area contributed by atoms with Gasteiger partial charge in [-0.1, -0.05) is 32.9 Å². The first kappa shape index (κ1) is 12.2. The zero-order chi connectivity index (χ0) is 12.5. The van der Waals surface area contributed by atoms with Crippen LogP contribution in [0.25, 0.3) is 10.2 Å². The standard InChI is InChI=1S/C14H17NOS/c1-14(2,3)12(16)8-9-13-15-10-6-4-5-7-11(10)17-13/h4-7H,8-9H2,1-3H3. The van der Waals surface area contributed by atoms with Crippen LogP contribution in [0.2, 0.25) is 0 Å². The van der Waals surface area contributed by atoms with Gasteiger partial charge in [0.1, 0.15) is 5.78 Å². The number of aryl methyl sites for hydroxylation is 1. The van der Waals surface area contributed by atoms with E-state index in [0.29, 0.717) is 12.2 Å². The number of para-hydroxylation sites is 1. The summed E-state index contributed by atoms with van der Waals surface area (Å²) >= 11 is 1.69. The van der Waals surface area contributed by atoms with Gasteiger partial charge in [0.2, 0.25) is 0 Å². The van der Waals surface area contributed by atoms with Crippen molar-refractivity contribution in [3.8, 4) is 0 Å². The molecule has 0 aliphatic carbocycles. The highest BCUT2D eigenvalue weighted by molar-refractivity contribution is 7.18. The topological polar surface area (TPSA) is 30.0 Å². The number of hydrogen-bond acceptors (Lipinski definition) is 3. The fourth-order valence-corrected chi connectivity index (χ4v) is 2.59. The first-order valence-corrected chi connectivity index (χ1v) is 6.66. The van der Waals surface area contributed by atoms with Crippen LogP contribution in [-0.4, -0.2) is 10.8 Å². The van der Waals surface area contributed by atoms with Crippen LogP contribution in [0.3, 0.4) is 0 Å². The van der Waals surface area contributed by atoms with Gasteiger partial charge in [-0.3, -0.25) is 4.79 Å². The molecule has 90 valence electrons. The van der Waals surface area contributed by atoms with Gasteiger partial charge >= 0.3 is 0 Å². The van der Waals surface area contributed by atoms with Gasteiger partial charge in [-0.05, 0) is 12.1 Å². The maximum Gasteiger partial charge on any atom is 0.138 e. The first-order valence-electron chi connectivity index (χ1n) is 5.84. The van der Waals surface area contributed by atoms with E-state index in [1.165, 1.54) is 4.70 Å². The number of carbonyl (C=O) groups is 1. The van der Waals surface area contributed by atoms with Crippen molar-refractivity contribution in [2.75, 3.05) is 0 Å². The minimum Gasteiger partial charge on any atom is -0.299 e. The van der Waals surface area contributed by atoms with E-state index in [1.807, 2.05) is 39.0 Å². The van der Waals surface area contributed by atoms with Gasteiger partial charge in [-0.2, -0.15) is 0 Å². The van der Waals surface area contributed by atoms with Crippen LogP contribution in [0.1, 0.15) is 32.2 Å². The molecule has 2 rings (SSSR count). The summed E-state index contributed by atoms with van der Waals surface area (Å²) in [6.07, 6.45) is 1.35. The van der Waals surface area contributed by atoms with Crippen molar-refractivity contribution in [2.45, 2.75) is 33.6 Å². The molecule has 3 heteroatoms. The van der Waals surface area contributed by atoms with Gasteiger partial charge < -0.3 is 0 Å². The molecule has 1 aromatic heterocycles. The Balaban J connectivity index is 2.07. The summed E-state index contributed by atoms with van der Waals surface area (Å²) in [7, 11) is 0. The van der Waals surface area contributed by atoms with E-state index in [9.17, 15) is 4.79 Å². The summed E-state index contributed by atoms with van der Waals surface area (Å²) in [6, 6.07) is 8.10. The van der Waals surface area contributed by atoms with Crippen LogP contribution in [0.5, 0.6) is 0 Å². The number of rotatable bonds is 3. The summed E-state index contributed by atoms with van der Waals surface area (Å²) < 4.78 is 1.20. The number of carbonyl (C=O) groups excluding carboxylic acids is 1. The van der Waals surface area contributed by atoms with Gasteiger partial charge in [-0.25, -0.2) is 4.98 Å². The maximum absolute atomic E-state index is 11.8. The SMILES string of the molecule is CC(C)(C)C(=O)CCc1nc2ccccc2s1. The Labute approximate surface area is 106 Å². The van der Waals surface area contributed by atoms with Crippen molar-refractivity contribution in [3.63, 3.8) is 0 Å². The summed E-state index contributed by atoms with van der Waals surface area (Å²) in [5.41, 5.74) is 0.798. The molecule has 0 fully saturated rings. The van der Waals surface area contributed by atoms with Crippen LogP contribution in [-0.2, 0) is 11.2 Å². The minimum atomic E-state index is -0.239. The highest BCUT2D eigenvalue weighted by atomic mass is 32.1. The van der Waals surface area contributed by atoms with E-state index < -0.39 is 0 Å². The number of hydrogen-bond donors (Lipinski definition) is 0. The zero-order valence-electron chi connectivity index (χ0n) is 10.5. The molecule has 0 N–H and O–H groups in total. The number of nitrogens with zero attached hydrogens (tertiary/aromatic N) is 1. The van der Waals surface area contributed by atoms with Crippen LogP contribution >= 0.6 is 11.3 Å². The summed E-state index contributed by atoms with van der Waals surface area (Å²) in [5.74, 6) is 0.303. The molecule has 1 heterocycles. The molecular formula is C14H17NOS. The molecule has 2 aromatic rings. The second-order valence-corrected chi connectivity index (χ2v) is 6.36. The predicted molar refractivity (Wildman–Crippen MR) is 72.4 cm³/mol. The van der Waals surface area contributed by atoms with Gasteiger partial charge in [-0.15, -0.1) is 11.3 Å². The molecule has 1 aromatic carbocycles. The van der Waals surface area contributed by atoms with Gasteiger partial charge in [0.25, 0.3) is 0 Å². The van der Waals surface area contributed by atoms with E-state index in [4.69, 9.17) is 0 Å². The van der Waals surface area contributed by atoms with Crippen LogP contribution in [0.4, 0.5) is 0 Å². The second-order valence-electron chi connectivity index (χ2n) is 5.25. The van der Waals surface area contributed by atoms with Gasteiger partial charge in [0.15, 0.2) is 0 Å². The Morgan fingerprint density at radius 3 is 2.65 bits per heavy atom. The fraction of sp³-hybridized carbons (Fsp3) is 0.429. The Bertz CT molecular complexity index is 503. The average Bonchev–Trinajstić information content (AvgIpc) is 2.66. The summed E-state index contributed by atoms with van der Waals surface area (Å²) in [4.78, 5) is 16.4. The van der Waals surface area contributed by atoms with E-state index in [0.717, 1.165) is 16.9 Å². The molecule has 0 bridgehead atoms. The van der Waals surface area contributed by atoms with Crippen molar-refractivity contribution < 1.29 is 4.79 Å². The van der Waals surface area contributed by atoms with Crippen molar-refractivity contribution in [2.24, 2.45) is 5.41 Å². The second kappa shape index (κ2) is 4.57. The molecule has 0 aliphatic rings. The quantitative estimate of drug-likeness (QED) is 0.824. The molecule has 2 nitrogen and oxygen atoms in total. The maximum atomic E-state index is 11.8. The Morgan fingerprint density at radius 2 is 2.00 bits per heavy atom. The third kappa shape index (κ3) is 2.91. The molecule has 0 unspecified atom stereocenters. The van der Waals surface area contributed by atoms with Crippen LogP contribution < -0.4 is 0 Å². The van der Waals surface area contributed by atoms with Crippen molar-refractivity contribution >= 4 is 27.3 Å². The number of benzene rings is 1. The number of Topliss-reactive ketones (excluding diaryl/α,β-unsaturated/α-hetero) is 1. The third-order valence-corrected chi connectivity index (χ3v) is 3.84. The lowest BCUT2D eigenvalue weighted by atomic mass is 9.88. The van der Waals surface area contributed by atoms with Crippen molar-refractivity contribution in [1.82, 2.24) is 4.98 Å². The average molecular weight is 247 g/mol. The molecule has 17 heavy (non-hydrogen) atoms. The fourth-order valence-electron chi connectivity index (χ4n) is 1.62. The van der Waals surface area contributed by atoms with Crippen molar-refractivity contribution in [3.05, 3.63) is 29.3 Å². The lowest BCUT2D eigenvalue weighted by molar-refractivity contribution is -0.126. The first-order chi connectivity index (χ1) is 7.97. The predicted octanol–water partition coefficient (Wildman–Crippen LogP) is 3.84. The molecule has 0 amide bonds. The highest BCUT2D eigenvalue weighted by Gasteiger charge is 2.20. The number of aromatic nitrogens is 1. The molecule has 0 saturated carbocycles. The van der Waals surface area contributed by atoms with E-state index in [2.05, 4.69) is 11.1 Å². The molecule has 0 aliphatic heterocycles. The van der Waals surface area contributed by atoms with Crippen molar-refractivity contribution in [1.29, 1.82) is 0 Å². The Hall–Kier alpha value is -1.22. The normalized spacial score (nSPS) is 11.9. The molecule has 0 atom stereocenters. The Kier molecular flexibility index (Phi) is 3.29. The summed E-state index contributed by atoms with van der Waals surface area (Å²) in [6.45, 7) is 5.90. The number of fused-ring (bicyclic) bond motifs is 1. The number of ketones is 1. The summed E-state index contributed by atoms with van der Waals surface area (Å²) in [5, 5.41) is 1.06. The van der Waals surface area contributed by atoms with Crippen LogP contribution in [0, 0.1) is 5.41 Å². The van der Waals surface area contributed by atoms with Crippen LogP contribution in [0.15, 0.2) is 24.3 Å². The zero-order valence-corrected chi connectivity index (χ0v) is 11.3. The monoisotopic (exact) mass is 247 g/mol. The van der Waals surface area contributed by atoms with E-state index in [1.54, 1.807) is 11.3 Å². The minimum absolute atomic E-state index is 0.239. The molecule has 0 spiro atoms. The lowest BCUT2D eigenvalue weighted by Gasteiger charge is -2.15. The number of thiazole rings is 1. The Morgan fingerprint density at radius 1 is 1.29 bits per heavy atom.